The highest BCUT2D eigenvalue weighted by Gasteiger charge is 2.25. The molecule has 1 aromatic heterocycles. The van der Waals surface area contributed by atoms with Crippen molar-refractivity contribution < 1.29 is 19.1 Å². The molecule has 1 aliphatic rings. The van der Waals surface area contributed by atoms with E-state index in [2.05, 4.69) is 15.4 Å². The Bertz CT molecular complexity index is 1160. The molecule has 1 aliphatic heterocycles. The van der Waals surface area contributed by atoms with E-state index in [1.165, 1.54) is 0 Å². The number of piperazine rings is 1. The van der Waals surface area contributed by atoms with Crippen molar-refractivity contribution in [3.05, 3.63) is 58.6 Å². The quantitative estimate of drug-likeness (QED) is 0.526. The van der Waals surface area contributed by atoms with Gasteiger partial charge in [-0.05, 0) is 41.8 Å². The molecule has 1 N–H and O–H groups in total. The molecule has 1 saturated heterocycles. The zero-order valence-electron chi connectivity index (χ0n) is 18.7. The Morgan fingerprint density at radius 1 is 0.882 bits per heavy atom. The van der Waals surface area contributed by atoms with E-state index in [0.29, 0.717) is 56.9 Å². The molecule has 3 aromatic rings. The summed E-state index contributed by atoms with van der Waals surface area (Å²) in [5, 5.41) is 11.2. The highest BCUT2D eigenvalue weighted by Crippen LogP contribution is 2.14. The molecule has 0 atom stereocenters. The van der Waals surface area contributed by atoms with E-state index in [-0.39, 0.29) is 18.3 Å². The number of hydrogen-bond donors (Lipinski definition) is 1. The number of hydrogen-bond acceptors (Lipinski definition) is 6. The summed E-state index contributed by atoms with van der Waals surface area (Å²) in [5.41, 5.74) is 3.24. The van der Waals surface area contributed by atoms with E-state index in [9.17, 15) is 14.4 Å². The van der Waals surface area contributed by atoms with Gasteiger partial charge >= 0.3 is 6.09 Å². The normalized spacial score (nSPS) is 13.8. The Balaban J connectivity index is 1.13. The van der Waals surface area contributed by atoms with Gasteiger partial charge in [0.15, 0.2) is 0 Å². The highest BCUT2D eigenvalue weighted by atomic mass is 35.5. The van der Waals surface area contributed by atoms with Crippen LogP contribution < -0.4 is 0 Å². The molecule has 0 aliphatic carbocycles. The van der Waals surface area contributed by atoms with Crippen LogP contribution in [-0.2, 0) is 27.4 Å². The predicted molar refractivity (Wildman–Crippen MR) is 126 cm³/mol. The maximum atomic E-state index is 12.5. The number of H-pyrrole nitrogens is 1. The van der Waals surface area contributed by atoms with Crippen molar-refractivity contribution in [3.63, 3.8) is 0 Å². The van der Waals surface area contributed by atoms with Crippen LogP contribution in [0.1, 0.15) is 30.4 Å². The molecular formula is C24H26ClN5O4. The second-order valence-electron chi connectivity index (χ2n) is 8.26. The van der Waals surface area contributed by atoms with E-state index in [0.717, 1.165) is 22.2 Å². The molecule has 178 valence electrons. The first-order chi connectivity index (χ1) is 16.5. The monoisotopic (exact) mass is 483 g/mol. The average Bonchev–Trinajstić information content (AvgIpc) is 3.31. The molecule has 2 amide bonds. The number of carbonyl (C=O) groups excluding carboxylic acids is 3. The molecule has 0 unspecified atom stereocenters. The summed E-state index contributed by atoms with van der Waals surface area (Å²) in [6.07, 6.45) is 1.09. The number of ketones is 1. The highest BCUT2D eigenvalue weighted by molar-refractivity contribution is 6.30. The zero-order chi connectivity index (χ0) is 23.9. The van der Waals surface area contributed by atoms with Gasteiger partial charge in [0.25, 0.3) is 0 Å². The van der Waals surface area contributed by atoms with Crippen molar-refractivity contribution in [2.45, 2.75) is 32.3 Å². The van der Waals surface area contributed by atoms with Crippen LogP contribution in [0.3, 0.4) is 0 Å². The second kappa shape index (κ2) is 11.1. The van der Waals surface area contributed by atoms with Crippen molar-refractivity contribution in [1.29, 1.82) is 0 Å². The van der Waals surface area contributed by atoms with Gasteiger partial charge in [-0.2, -0.15) is 15.4 Å². The number of nitrogens with zero attached hydrogens (tertiary/aromatic N) is 4. The van der Waals surface area contributed by atoms with E-state index in [4.69, 9.17) is 16.3 Å². The van der Waals surface area contributed by atoms with Crippen LogP contribution in [0.15, 0.2) is 42.5 Å². The summed E-state index contributed by atoms with van der Waals surface area (Å²) in [7, 11) is 0. The minimum absolute atomic E-state index is 0.00555. The summed E-state index contributed by atoms with van der Waals surface area (Å²) >= 11 is 5.86. The lowest BCUT2D eigenvalue weighted by Crippen LogP contribution is -2.50. The molecule has 0 radical (unpaired) electrons. The molecule has 10 heteroatoms. The number of halogens is 1. The fraction of sp³-hybridized carbons (Fsp3) is 0.375. The van der Waals surface area contributed by atoms with Crippen LogP contribution in [0.2, 0.25) is 5.02 Å². The minimum Gasteiger partial charge on any atom is -0.445 e. The SMILES string of the molecule is O=C(CCCC(=O)N1CCN(C(=O)OCc2ccc(Cl)cc2)CC1)Cc1ccc2n[nH]nc2c1. The van der Waals surface area contributed by atoms with Crippen LogP contribution in [0.4, 0.5) is 4.79 Å². The Kier molecular flexibility index (Phi) is 7.74. The van der Waals surface area contributed by atoms with Gasteiger partial charge in [0, 0.05) is 50.5 Å². The zero-order valence-corrected chi connectivity index (χ0v) is 19.5. The average molecular weight is 484 g/mol. The summed E-state index contributed by atoms with van der Waals surface area (Å²) in [6.45, 7) is 1.94. The molecule has 2 aromatic carbocycles. The third-order valence-corrected chi connectivity index (χ3v) is 6.05. The molecule has 0 spiro atoms. The number of nitrogens with one attached hydrogen (secondary N) is 1. The van der Waals surface area contributed by atoms with E-state index >= 15 is 0 Å². The van der Waals surface area contributed by atoms with Crippen LogP contribution in [-0.4, -0.2) is 69.2 Å². The summed E-state index contributed by atoms with van der Waals surface area (Å²) in [6, 6.07) is 12.7. The minimum atomic E-state index is -0.392. The second-order valence-corrected chi connectivity index (χ2v) is 8.70. The van der Waals surface area contributed by atoms with Gasteiger partial charge in [0.05, 0.1) is 0 Å². The lowest BCUT2D eigenvalue weighted by Gasteiger charge is -2.34. The summed E-state index contributed by atoms with van der Waals surface area (Å²) in [5.74, 6) is 0.0925. The number of Topliss-reactive ketones (excluding diaryl/α,β-unsaturated/α-hetero) is 1. The van der Waals surface area contributed by atoms with Crippen molar-refractivity contribution in [1.82, 2.24) is 25.2 Å². The number of carbonyl (C=O) groups is 3. The topological polar surface area (TPSA) is 108 Å². The summed E-state index contributed by atoms with van der Waals surface area (Å²) < 4.78 is 5.36. The Labute approximate surface area is 202 Å². The molecule has 2 heterocycles. The number of aromatic amines is 1. The van der Waals surface area contributed by atoms with E-state index < -0.39 is 6.09 Å². The van der Waals surface area contributed by atoms with Gasteiger partial charge < -0.3 is 14.5 Å². The predicted octanol–water partition coefficient (Wildman–Crippen LogP) is 3.37. The molecule has 0 bridgehead atoms. The smallest absolute Gasteiger partial charge is 0.410 e. The van der Waals surface area contributed by atoms with Crippen LogP contribution in [0.25, 0.3) is 11.0 Å². The molecule has 0 saturated carbocycles. The number of fused-ring (bicyclic) bond motifs is 1. The van der Waals surface area contributed by atoms with Crippen LogP contribution in [0.5, 0.6) is 0 Å². The van der Waals surface area contributed by atoms with Gasteiger partial charge in [-0.25, -0.2) is 4.79 Å². The van der Waals surface area contributed by atoms with E-state index in [1.807, 2.05) is 30.3 Å². The number of ether oxygens (including phenoxy) is 1. The van der Waals surface area contributed by atoms with Crippen molar-refractivity contribution in [3.8, 4) is 0 Å². The first-order valence-corrected chi connectivity index (χ1v) is 11.6. The van der Waals surface area contributed by atoms with Gasteiger partial charge in [0.2, 0.25) is 5.91 Å². The molecule has 34 heavy (non-hydrogen) atoms. The van der Waals surface area contributed by atoms with Gasteiger partial charge in [-0.3, -0.25) is 9.59 Å². The van der Waals surface area contributed by atoms with Crippen LogP contribution >= 0.6 is 11.6 Å². The maximum absolute atomic E-state index is 12.5. The maximum Gasteiger partial charge on any atom is 0.410 e. The fourth-order valence-electron chi connectivity index (χ4n) is 3.86. The van der Waals surface area contributed by atoms with Gasteiger partial charge in [0.1, 0.15) is 23.4 Å². The van der Waals surface area contributed by atoms with Crippen molar-refractivity contribution in [2.75, 3.05) is 26.2 Å². The Morgan fingerprint density at radius 3 is 2.32 bits per heavy atom. The molecule has 4 rings (SSSR count). The Morgan fingerprint density at radius 2 is 1.56 bits per heavy atom. The third kappa shape index (κ3) is 6.32. The molecular weight excluding hydrogens is 458 g/mol. The van der Waals surface area contributed by atoms with Gasteiger partial charge in [-0.1, -0.05) is 29.8 Å². The third-order valence-electron chi connectivity index (χ3n) is 5.79. The standard InChI is InChI=1S/C24H26ClN5O4/c25-19-7-4-17(5-8-19)16-34-24(33)30-12-10-29(11-13-30)23(32)3-1-2-20(31)14-18-6-9-21-22(15-18)27-28-26-21/h4-9,15H,1-3,10-14,16H2,(H,26,27,28). The van der Waals surface area contributed by atoms with E-state index in [1.54, 1.807) is 21.9 Å². The van der Waals surface area contributed by atoms with Gasteiger partial charge in [-0.15, -0.1) is 0 Å². The Hall–Kier alpha value is -3.46. The first kappa shape index (κ1) is 23.7. The molecule has 9 nitrogen and oxygen atoms in total. The number of aromatic nitrogens is 3. The number of benzene rings is 2. The fourth-order valence-corrected chi connectivity index (χ4v) is 3.99. The van der Waals surface area contributed by atoms with Crippen molar-refractivity contribution in [2.24, 2.45) is 0 Å². The molecule has 1 fully saturated rings. The van der Waals surface area contributed by atoms with Crippen molar-refractivity contribution >= 4 is 40.4 Å². The lowest BCUT2D eigenvalue weighted by atomic mass is 10.0. The number of rotatable bonds is 8. The largest absolute Gasteiger partial charge is 0.445 e. The lowest BCUT2D eigenvalue weighted by molar-refractivity contribution is -0.133. The van der Waals surface area contributed by atoms with Crippen LogP contribution in [0, 0.1) is 0 Å². The summed E-state index contributed by atoms with van der Waals surface area (Å²) in [4.78, 5) is 40.5. The number of amides is 2. The first-order valence-electron chi connectivity index (χ1n) is 11.2.